The predicted octanol–water partition coefficient (Wildman–Crippen LogP) is 5.45. The van der Waals surface area contributed by atoms with Gasteiger partial charge in [-0.3, -0.25) is 4.90 Å². The van der Waals surface area contributed by atoms with Gasteiger partial charge in [0.05, 0.1) is 14.2 Å². The highest BCUT2D eigenvalue weighted by Crippen LogP contribution is 2.51. The zero-order valence-corrected chi connectivity index (χ0v) is 23.8. The van der Waals surface area contributed by atoms with Crippen LogP contribution in [0.15, 0.2) is 36.4 Å². The summed E-state index contributed by atoms with van der Waals surface area (Å²) < 4.78 is 11.2. The Kier molecular flexibility index (Phi) is 8.08. The van der Waals surface area contributed by atoms with Crippen molar-refractivity contribution in [2.45, 2.75) is 69.0 Å². The van der Waals surface area contributed by atoms with Crippen LogP contribution in [-0.4, -0.2) is 74.9 Å². The number of carbonyl (C=O) groups excluding carboxylic acids is 1. The van der Waals surface area contributed by atoms with Crippen LogP contribution in [0, 0.1) is 6.92 Å². The Balaban J connectivity index is 1.38. The second-order valence-corrected chi connectivity index (χ2v) is 11.7. The zero-order valence-electron chi connectivity index (χ0n) is 23.1. The first kappa shape index (κ1) is 27.1. The van der Waals surface area contributed by atoms with Crippen LogP contribution in [0.5, 0.6) is 11.5 Å². The van der Waals surface area contributed by atoms with Crippen molar-refractivity contribution in [3.63, 3.8) is 0 Å². The fourth-order valence-electron chi connectivity index (χ4n) is 7.03. The van der Waals surface area contributed by atoms with Crippen LogP contribution in [0.4, 0.5) is 10.5 Å². The van der Waals surface area contributed by atoms with E-state index in [0.717, 1.165) is 68.1 Å². The van der Waals surface area contributed by atoms with E-state index in [1.165, 1.54) is 18.4 Å². The summed E-state index contributed by atoms with van der Waals surface area (Å²) in [5.41, 5.74) is 3.11. The van der Waals surface area contributed by atoms with Crippen LogP contribution < -0.4 is 20.1 Å². The molecule has 2 heterocycles. The summed E-state index contributed by atoms with van der Waals surface area (Å²) in [4.78, 5) is 18.3. The largest absolute Gasteiger partial charge is 0.493 e. The molecule has 2 aliphatic heterocycles. The number of piperidine rings is 1. The summed E-state index contributed by atoms with van der Waals surface area (Å²) in [6.07, 6.45) is 6.41. The van der Waals surface area contributed by atoms with Gasteiger partial charge in [-0.25, -0.2) is 4.79 Å². The van der Waals surface area contributed by atoms with Gasteiger partial charge in [-0.15, -0.1) is 0 Å². The van der Waals surface area contributed by atoms with E-state index in [-0.39, 0.29) is 17.5 Å². The maximum absolute atomic E-state index is 13.0. The Hall–Kier alpha value is -2.48. The molecule has 206 valence electrons. The van der Waals surface area contributed by atoms with E-state index < -0.39 is 0 Å². The van der Waals surface area contributed by atoms with Crippen molar-refractivity contribution in [3.05, 3.63) is 52.5 Å². The number of halogens is 1. The topological polar surface area (TPSA) is 66.1 Å². The predicted molar refractivity (Wildman–Crippen MR) is 153 cm³/mol. The van der Waals surface area contributed by atoms with E-state index in [1.807, 2.05) is 25.1 Å². The first-order chi connectivity index (χ1) is 18.3. The van der Waals surface area contributed by atoms with Crippen LogP contribution in [0.3, 0.4) is 0 Å². The van der Waals surface area contributed by atoms with Gasteiger partial charge in [0.15, 0.2) is 11.5 Å². The maximum Gasteiger partial charge on any atom is 0.319 e. The number of hydrogen-bond acceptors (Lipinski definition) is 5. The molecule has 3 fully saturated rings. The normalized spacial score (nSPS) is 26.6. The molecule has 3 unspecified atom stereocenters. The van der Waals surface area contributed by atoms with Crippen molar-refractivity contribution in [3.8, 4) is 11.5 Å². The highest BCUT2D eigenvalue weighted by Gasteiger charge is 2.53. The minimum Gasteiger partial charge on any atom is -0.493 e. The third kappa shape index (κ3) is 5.33. The fraction of sp³-hybridized carbons (Fsp3) is 0.567. The van der Waals surface area contributed by atoms with E-state index in [0.29, 0.717) is 17.1 Å². The second-order valence-electron chi connectivity index (χ2n) is 11.3. The third-order valence-corrected chi connectivity index (χ3v) is 9.43. The summed E-state index contributed by atoms with van der Waals surface area (Å²) in [7, 11) is 5.61. The minimum absolute atomic E-state index is 0.0428. The number of likely N-dealkylation sites (tertiary alicyclic amines) is 2. The van der Waals surface area contributed by atoms with Crippen LogP contribution in [0.1, 0.15) is 49.7 Å². The van der Waals surface area contributed by atoms with Crippen molar-refractivity contribution in [2.24, 2.45) is 0 Å². The molecule has 2 saturated heterocycles. The Bertz CT molecular complexity index is 1150. The number of amides is 2. The van der Waals surface area contributed by atoms with Crippen molar-refractivity contribution < 1.29 is 14.3 Å². The van der Waals surface area contributed by atoms with Gasteiger partial charge in [-0.1, -0.05) is 23.7 Å². The molecule has 0 spiro atoms. The SMILES string of the molecule is COc1ccc(C23CCC(NC(=O)Nc4cc(Cl)ccc4C)CC2N(C2CCN(C)CC2)CC3)cc1OC. The van der Waals surface area contributed by atoms with Crippen LogP contribution in [0.25, 0.3) is 0 Å². The Morgan fingerprint density at radius 2 is 1.76 bits per heavy atom. The van der Waals surface area contributed by atoms with Gasteiger partial charge in [-0.2, -0.15) is 0 Å². The average molecular weight is 541 g/mol. The molecule has 3 aliphatic rings. The highest BCUT2D eigenvalue weighted by molar-refractivity contribution is 6.31. The van der Waals surface area contributed by atoms with Crippen molar-refractivity contribution in [1.29, 1.82) is 0 Å². The molecule has 3 atom stereocenters. The molecule has 38 heavy (non-hydrogen) atoms. The average Bonchev–Trinajstić information content (AvgIpc) is 3.30. The monoisotopic (exact) mass is 540 g/mol. The van der Waals surface area contributed by atoms with E-state index >= 15 is 0 Å². The fourth-order valence-corrected chi connectivity index (χ4v) is 7.21. The molecule has 1 aliphatic carbocycles. The molecule has 2 aromatic carbocycles. The summed E-state index contributed by atoms with van der Waals surface area (Å²) in [5.74, 6) is 1.55. The molecular formula is C30H41ClN4O3. The third-order valence-electron chi connectivity index (χ3n) is 9.20. The number of aryl methyl sites for hydroxylation is 1. The molecule has 2 amide bonds. The van der Waals surface area contributed by atoms with Gasteiger partial charge in [0, 0.05) is 34.3 Å². The molecule has 2 N–H and O–H groups in total. The molecule has 1 saturated carbocycles. The highest BCUT2D eigenvalue weighted by atomic mass is 35.5. The molecule has 2 aromatic rings. The number of rotatable bonds is 6. The number of ether oxygens (including phenoxy) is 2. The quantitative estimate of drug-likeness (QED) is 0.510. The summed E-state index contributed by atoms with van der Waals surface area (Å²) in [5, 5.41) is 6.93. The number of anilines is 1. The van der Waals surface area contributed by atoms with Crippen molar-refractivity contribution >= 4 is 23.3 Å². The summed E-state index contributed by atoms with van der Waals surface area (Å²) >= 11 is 6.17. The van der Waals surface area contributed by atoms with Gasteiger partial charge in [-0.05, 0) is 108 Å². The number of benzene rings is 2. The van der Waals surface area contributed by atoms with Crippen LogP contribution in [0.2, 0.25) is 5.02 Å². The molecule has 0 aromatic heterocycles. The Morgan fingerprint density at radius 3 is 2.50 bits per heavy atom. The number of carbonyl (C=O) groups is 1. The number of methoxy groups -OCH3 is 2. The number of nitrogens with one attached hydrogen (secondary N) is 2. The smallest absolute Gasteiger partial charge is 0.319 e. The van der Waals surface area contributed by atoms with E-state index in [2.05, 4.69) is 39.6 Å². The lowest BCUT2D eigenvalue weighted by atomic mass is 9.65. The lowest BCUT2D eigenvalue weighted by molar-refractivity contribution is 0.0673. The standard InChI is InChI=1S/C30H41ClN4O3/c1-20-5-7-22(31)18-25(20)33-29(36)32-23-9-12-30(21-6-8-26(37-3)27(17-21)38-4)13-16-35(28(30)19-23)24-10-14-34(2)15-11-24/h5-8,17-18,23-24,28H,9-16,19H2,1-4H3,(H2,32,33,36). The lowest BCUT2D eigenvalue weighted by Gasteiger charge is -2.48. The Labute approximate surface area is 231 Å². The Morgan fingerprint density at radius 1 is 1.00 bits per heavy atom. The van der Waals surface area contributed by atoms with Gasteiger partial charge in [0.1, 0.15) is 0 Å². The number of fused-ring (bicyclic) bond motifs is 1. The van der Waals surface area contributed by atoms with E-state index in [1.54, 1.807) is 20.3 Å². The van der Waals surface area contributed by atoms with Crippen molar-refractivity contribution in [1.82, 2.24) is 15.1 Å². The first-order valence-electron chi connectivity index (χ1n) is 13.8. The van der Waals surface area contributed by atoms with E-state index in [9.17, 15) is 4.79 Å². The molecule has 7 nitrogen and oxygen atoms in total. The molecular weight excluding hydrogens is 500 g/mol. The molecule has 5 rings (SSSR count). The molecule has 0 radical (unpaired) electrons. The number of urea groups is 1. The van der Waals surface area contributed by atoms with Gasteiger partial charge in [0.25, 0.3) is 0 Å². The minimum atomic E-state index is -0.164. The zero-order chi connectivity index (χ0) is 26.9. The summed E-state index contributed by atoms with van der Waals surface area (Å²) in [6.45, 7) is 5.34. The second kappa shape index (κ2) is 11.3. The summed E-state index contributed by atoms with van der Waals surface area (Å²) in [6, 6.07) is 12.9. The number of nitrogens with zero attached hydrogens (tertiary/aromatic N) is 2. The molecule has 0 bridgehead atoms. The molecule has 8 heteroatoms. The van der Waals surface area contributed by atoms with E-state index in [4.69, 9.17) is 21.1 Å². The van der Waals surface area contributed by atoms with Crippen LogP contribution in [-0.2, 0) is 5.41 Å². The first-order valence-corrected chi connectivity index (χ1v) is 14.2. The number of hydrogen-bond donors (Lipinski definition) is 2. The maximum atomic E-state index is 13.0. The van der Waals surface area contributed by atoms with Gasteiger partial charge in [0.2, 0.25) is 0 Å². The van der Waals surface area contributed by atoms with Gasteiger partial charge < -0.3 is 25.0 Å². The van der Waals surface area contributed by atoms with Crippen LogP contribution >= 0.6 is 11.6 Å². The van der Waals surface area contributed by atoms with Crippen molar-refractivity contribution in [2.75, 3.05) is 46.2 Å². The van der Waals surface area contributed by atoms with Gasteiger partial charge >= 0.3 is 6.03 Å². The lowest BCUT2D eigenvalue weighted by Crippen LogP contribution is -2.56.